The number of amides is 2. The number of hydrogen-bond donors (Lipinski definition) is 1. The molecule has 3 aromatic rings. The molecular formula is C23H25F2N5O2. The number of piperazine rings is 1. The highest BCUT2D eigenvalue weighted by Gasteiger charge is 2.41. The van der Waals surface area contributed by atoms with E-state index in [-0.39, 0.29) is 22.9 Å². The molecule has 2 amide bonds. The van der Waals surface area contributed by atoms with Crippen molar-refractivity contribution >= 4 is 17.5 Å². The number of benzene rings is 1. The van der Waals surface area contributed by atoms with Gasteiger partial charge in [0.1, 0.15) is 11.2 Å². The molecule has 2 aromatic heterocycles. The fourth-order valence-corrected chi connectivity index (χ4v) is 3.82. The molecule has 4 rings (SSSR count). The summed E-state index contributed by atoms with van der Waals surface area (Å²) in [6, 6.07) is 5.38. The number of fused-ring (bicyclic) bond motifs is 1. The van der Waals surface area contributed by atoms with Crippen molar-refractivity contribution in [1.29, 1.82) is 0 Å². The lowest BCUT2D eigenvalue weighted by atomic mass is 9.87. The Kier molecular flexibility index (Phi) is 5.02. The highest BCUT2D eigenvalue weighted by Crippen LogP contribution is 2.31. The molecule has 3 heterocycles. The number of nitrogens with zero attached hydrogens (tertiary/aromatic N) is 4. The highest BCUT2D eigenvalue weighted by molar-refractivity contribution is 5.99. The molecular weight excluding hydrogens is 416 g/mol. The van der Waals surface area contributed by atoms with Crippen molar-refractivity contribution in [3.8, 4) is 11.3 Å². The van der Waals surface area contributed by atoms with Crippen molar-refractivity contribution in [3.05, 3.63) is 53.4 Å². The van der Waals surface area contributed by atoms with Crippen LogP contribution in [0.5, 0.6) is 0 Å². The van der Waals surface area contributed by atoms with Gasteiger partial charge in [-0.1, -0.05) is 20.8 Å². The lowest BCUT2D eigenvalue weighted by molar-refractivity contribution is -0.133. The number of halogens is 2. The lowest BCUT2D eigenvalue weighted by Gasteiger charge is -2.40. The van der Waals surface area contributed by atoms with Gasteiger partial charge in [0.25, 0.3) is 5.91 Å². The maximum atomic E-state index is 13.8. The molecule has 32 heavy (non-hydrogen) atoms. The van der Waals surface area contributed by atoms with Crippen LogP contribution in [0.1, 0.15) is 50.7 Å². The number of carbonyl (C=O) groups excluding carboxylic acids is 2. The summed E-state index contributed by atoms with van der Waals surface area (Å²) in [7, 11) is 0. The summed E-state index contributed by atoms with van der Waals surface area (Å²) in [5, 5.41) is 7.28. The van der Waals surface area contributed by atoms with Gasteiger partial charge >= 0.3 is 0 Å². The summed E-state index contributed by atoms with van der Waals surface area (Å²) in [6.07, 6.45) is 1.51. The third-order valence-electron chi connectivity index (χ3n) is 5.76. The summed E-state index contributed by atoms with van der Waals surface area (Å²) >= 11 is 0. The zero-order valence-electron chi connectivity index (χ0n) is 18.7. The Morgan fingerprint density at radius 1 is 1.16 bits per heavy atom. The van der Waals surface area contributed by atoms with E-state index in [1.807, 2.05) is 20.8 Å². The second-order valence-corrected chi connectivity index (χ2v) is 9.49. The molecule has 1 fully saturated rings. The van der Waals surface area contributed by atoms with Crippen LogP contribution in [0, 0.1) is 11.6 Å². The molecule has 0 unspecified atom stereocenters. The first-order valence-electron chi connectivity index (χ1n) is 10.4. The summed E-state index contributed by atoms with van der Waals surface area (Å²) in [6.45, 7) is 10.1. The predicted molar refractivity (Wildman–Crippen MR) is 115 cm³/mol. The topological polar surface area (TPSA) is 79.6 Å². The molecule has 0 atom stereocenters. The van der Waals surface area contributed by atoms with Gasteiger partial charge in [-0.2, -0.15) is 5.10 Å². The fraction of sp³-hybridized carbons (Fsp3) is 0.391. The van der Waals surface area contributed by atoms with Crippen LogP contribution in [-0.4, -0.2) is 49.9 Å². The van der Waals surface area contributed by atoms with Gasteiger partial charge in [0.2, 0.25) is 5.91 Å². The maximum absolute atomic E-state index is 13.8. The standard InChI is InChI=1S/C23H25F2N5O2/c1-22(2,3)14-11-17(13-6-7-15(24)16(25)10-13)28-30-12-18(27-19(14)30)20(31)29-9-8-26-21(32)23(29,4)5/h6-7,10-12H,8-9H2,1-5H3,(H,26,32). The number of rotatable bonds is 2. The van der Waals surface area contributed by atoms with Gasteiger partial charge in [0.15, 0.2) is 17.3 Å². The van der Waals surface area contributed by atoms with E-state index < -0.39 is 17.2 Å². The summed E-state index contributed by atoms with van der Waals surface area (Å²) < 4.78 is 28.7. The van der Waals surface area contributed by atoms with E-state index in [2.05, 4.69) is 15.4 Å². The Balaban J connectivity index is 1.85. The van der Waals surface area contributed by atoms with Crippen molar-refractivity contribution < 1.29 is 18.4 Å². The van der Waals surface area contributed by atoms with Crippen LogP contribution in [-0.2, 0) is 10.2 Å². The van der Waals surface area contributed by atoms with Gasteiger partial charge < -0.3 is 10.2 Å². The van der Waals surface area contributed by atoms with Gasteiger partial charge in [-0.3, -0.25) is 9.59 Å². The minimum Gasteiger partial charge on any atom is -0.352 e. The molecule has 9 heteroatoms. The lowest BCUT2D eigenvalue weighted by Crippen LogP contribution is -2.63. The highest BCUT2D eigenvalue weighted by atomic mass is 19.2. The molecule has 0 aliphatic carbocycles. The number of aromatic nitrogens is 3. The quantitative estimate of drug-likeness (QED) is 0.662. The smallest absolute Gasteiger partial charge is 0.275 e. The molecule has 7 nitrogen and oxygen atoms in total. The van der Waals surface area contributed by atoms with Crippen molar-refractivity contribution in [2.45, 2.75) is 45.6 Å². The molecule has 0 saturated carbocycles. The Bertz CT molecular complexity index is 1240. The largest absolute Gasteiger partial charge is 0.352 e. The van der Waals surface area contributed by atoms with Crippen LogP contribution < -0.4 is 5.32 Å². The minimum absolute atomic E-state index is 0.160. The third kappa shape index (κ3) is 3.61. The van der Waals surface area contributed by atoms with Crippen molar-refractivity contribution in [3.63, 3.8) is 0 Å². The van der Waals surface area contributed by atoms with Crippen LogP contribution in [0.25, 0.3) is 16.9 Å². The number of hydrogen-bond acceptors (Lipinski definition) is 4. The van der Waals surface area contributed by atoms with Gasteiger partial charge in [-0.25, -0.2) is 18.3 Å². The van der Waals surface area contributed by atoms with Crippen molar-refractivity contribution in [2.75, 3.05) is 13.1 Å². The van der Waals surface area contributed by atoms with E-state index in [4.69, 9.17) is 0 Å². The first-order valence-corrected chi connectivity index (χ1v) is 10.4. The van der Waals surface area contributed by atoms with Crippen LogP contribution in [0.2, 0.25) is 0 Å². The van der Waals surface area contributed by atoms with E-state index in [0.717, 1.165) is 17.7 Å². The summed E-state index contributed by atoms with van der Waals surface area (Å²) in [4.78, 5) is 31.6. The van der Waals surface area contributed by atoms with Crippen molar-refractivity contribution in [1.82, 2.24) is 24.8 Å². The van der Waals surface area contributed by atoms with E-state index >= 15 is 0 Å². The molecule has 1 saturated heterocycles. The predicted octanol–water partition coefficient (Wildman–Crippen LogP) is 3.32. The molecule has 0 spiro atoms. The van der Waals surface area contributed by atoms with Crippen LogP contribution in [0.3, 0.4) is 0 Å². The second-order valence-electron chi connectivity index (χ2n) is 9.49. The van der Waals surface area contributed by atoms with E-state index in [1.54, 1.807) is 19.9 Å². The molecule has 0 radical (unpaired) electrons. The molecule has 168 valence electrons. The van der Waals surface area contributed by atoms with E-state index in [0.29, 0.717) is 30.0 Å². The van der Waals surface area contributed by atoms with Gasteiger partial charge in [0, 0.05) is 24.2 Å². The van der Waals surface area contributed by atoms with Gasteiger partial charge in [0.05, 0.1) is 11.9 Å². The molecule has 0 bridgehead atoms. The van der Waals surface area contributed by atoms with E-state index in [9.17, 15) is 18.4 Å². The summed E-state index contributed by atoms with van der Waals surface area (Å²) in [5.74, 6) is -2.50. The average Bonchev–Trinajstić information content (AvgIpc) is 3.14. The zero-order chi connectivity index (χ0) is 23.4. The number of imidazole rings is 1. The Labute approximate surface area is 184 Å². The Hall–Kier alpha value is -3.36. The Morgan fingerprint density at radius 2 is 1.88 bits per heavy atom. The van der Waals surface area contributed by atoms with Gasteiger partial charge in [-0.15, -0.1) is 0 Å². The monoisotopic (exact) mass is 441 g/mol. The fourth-order valence-electron chi connectivity index (χ4n) is 3.82. The van der Waals surface area contributed by atoms with Gasteiger partial charge in [-0.05, 0) is 43.5 Å². The van der Waals surface area contributed by atoms with Crippen LogP contribution in [0.4, 0.5) is 8.78 Å². The van der Waals surface area contributed by atoms with Crippen molar-refractivity contribution in [2.24, 2.45) is 0 Å². The number of nitrogens with one attached hydrogen (secondary N) is 1. The first kappa shape index (κ1) is 21.9. The van der Waals surface area contributed by atoms with Crippen LogP contribution >= 0.6 is 0 Å². The minimum atomic E-state index is -1.01. The normalized spacial score (nSPS) is 16.3. The molecule has 1 aliphatic heterocycles. The summed E-state index contributed by atoms with van der Waals surface area (Å²) in [5.41, 5.74) is 0.902. The van der Waals surface area contributed by atoms with E-state index in [1.165, 1.54) is 21.7 Å². The third-order valence-corrected chi connectivity index (χ3v) is 5.76. The second kappa shape index (κ2) is 7.36. The zero-order valence-corrected chi connectivity index (χ0v) is 18.7. The van der Waals surface area contributed by atoms with Crippen LogP contribution in [0.15, 0.2) is 30.5 Å². The Morgan fingerprint density at radius 3 is 2.53 bits per heavy atom. The number of carbonyl (C=O) groups is 2. The average molecular weight is 441 g/mol. The first-order chi connectivity index (χ1) is 14.9. The molecule has 1 N–H and O–H groups in total. The maximum Gasteiger partial charge on any atom is 0.275 e. The molecule has 1 aromatic carbocycles. The molecule has 1 aliphatic rings. The SMILES string of the molecule is CC(C)(C)c1cc(-c2ccc(F)c(F)c2)nn2cc(C(=O)N3CCNC(=O)C3(C)C)nc12.